The summed E-state index contributed by atoms with van der Waals surface area (Å²) in [7, 11) is 4.50. The third kappa shape index (κ3) is 6.34. The van der Waals surface area contributed by atoms with E-state index in [1.807, 2.05) is 6.92 Å². The first kappa shape index (κ1) is 37.1. The van der Waals surface area contributed by atoms with Crippen LogP contribution in [0.5, 0.6) is 17.2 Å². The molecule has 2 aromatic carbocycles. The number of carbonyl (C=O) groups is 4. The van der Waals surface area contributed by atoms with Gasteiger partial charge in [-0.3, -0.25) is 24.1 Å². The minimum absolute atomic E-state index is 0.0303. The van der Waals surface area contributed by atoms with Crippen molar-refractivity contribution in [3.8, 4) is 17.2 Å². The molecule has 17 nitrogen and oxygen atoms in total. The summed E-state index contributed by atoms with van der Waals surface area (Å²) in [5.74, 6) is -3.80. The predicted octanol–water partition coefficient (Wildman–Crippen LogP) is -0.398. The smallest absolute Gasteiger partial charge is 0.252 e. The van der Waals surface area contributed by atoms with Gasteiger partial charge in [-0.25, -0.2) is 0 Å². The van der Waals surface area contributed by atoms with E-state index < -0.39 is 89.6 Å². The van der Waals surface area contributed by atoms with E-state index in [2.05, 4.69) is 20.9 Å². The molecule has 0 saturated carbocycles. The highest BCUT2D eigenvalue weighted by Crippen LogP contribution is 2.53. The molecular formula is C36H44N4O13. The Morgan fingerprint density at radius 1 is 1.04 bits per heavy atom. The van der Waals surface area contributed by atoms with E-state index in [-0.39, 0.29) is 72.1 Å². The third-order valence-corrected chi connectivity index (χ3v) is 10.7. The van der Waals surface area contributed by atoms with Crippen LogP contribution < -0.4 is 20.7 Å². The number of phenols is 2. The minimum Gasteiger partial charge on any atom is -0.507 e. The number of phenolic OH excluding ortho intramolecular Hbond substituents is 2. The lowest BCUT2D eigenvalue weighted by Gasteiger charge is -2.43. The van der Waals surface area contributed by atoms with Gasteiger partial charge in [0.2, 0.25) is 11.7 Å². The minimum atomic E-state index is -2.23. The third-order valence-electron chi connectivity index (χ3n) is 10.7. The number of carbonyl (C=O) groups excluding carboxylic acids is 4. The number of amides is 2. The summed E-state index contributed by atoms with van der Waals surface area (Å²) in [6.45, 7) is 2.93. The number of hydrogen-bond acceptors (Lipinski definition) is 15. The van der Waals surface area contributed by atoms with E-state index in [1.165, 1.54) is 32.4 Å². The summed E-state index contributed by atoms with van der Waals surface area (Å²) in [5.41, 5.74) is -3.42. The Kier molecular flexibility index (Phi) is 10.2. The molecule has 3 heterocycles. The number of hydrogen-bond donors (Lipinski definition) is 6. The van der Waals surface area contributed by atoms with E-state index in [0.29, 0.717) is 13.2 Å². The van der Waals surface area contributed by atoms with Crippen LogP contribution in [-0.2, 0) is 39.7 Å². The van der Waals surface area contributed by atoms with E-state index in [1.54, 1.807) is 7.05 Å². The molecule has 3 fully saturated rings. The van der Waals surface area contributed by atoms with Crippen molar-refractivity contribution in [3.05, 3.63) is 51.6 Å². The Labute approximate surface area is 304 Å². The number of ether oxygens (including phenoxy) is 6. The number of fused-ring (bicyclic) bond motifs is 6. The largest absolute Gasteiger partial charge is 0.507 e. The molecular weight excluding hydrogens is 696 g/mol. The number of morpholine rings is 1. The Morgan fingerprint density at radius 2 is 1.79 bits per heavy atom. The number of aromatic hydroxyl groups is 2. The number of aliphatic hydroxyl groups is 1. The summed E-state index contributed by atoms with van der Waals surface area (Å²) in [6, 6.07) is 4.26. The van der Waals surface area contributed by atoms with Gasteiger partial charge in [0.25, 0.3) is 5.91 Å². The zero-order chi connectivity index (χ0) is 37.8. The second-order valence-corrected chi connectivity index (χ2v) is 13.8. The number of likely N-dealkylation sites (N-methyl/N-ethyl adjacent to an activating group) is 1. The molecule has 0 bridgehead atoms. The summed E-state index contributed by atoms with van der Waals surface area (Å²) in [4.78, 5) is 55.7. The number of nitrogens with one attached hydrogen (secondary N) is 3. The van der Waals surface area contributed by atoms with Crippen molar-refractivity contribution in [3.63, 3.8) is 0 Å². The maximum Gasteiger partial charge on any atom is 0.252 e. The summed E-state index contributed by atoms with van der Waals surface area (Å²) >= 11 is 0. The summed E-state index contributed by atoms with van der Waals surface area (Å²) < 4.78 is 35.7. The Bertz CT molecular complexity index is 1820. The molecule has 3 aliphatic heterocycles. The van der Waals surface area contributed by atoms with Crippen molar-refractivity contribution in [1.29, 1.82) is 0 Å². The van der Waals surface area contributed by atoms with Crippen molar-refractivity contribution in [1.82, 2.24) is 20.9 Å². The molecule has 2 aliphatic carbocycles. The number of methoxy groups -OCH3 is 2. The zero-order valence-electron chi connectivity index (χ0n) is 29.8. The van der Waals surface area contributed by atoms with Gasteiger partial charge in [0, 0.05) is 68.7 Å². The molecule has 0 aromatic heterocycles. The molecule has 6 N–H and O–H groups in total. The fraction of sp³-hybridized carbons (Fsp3) is 0.556. The Morgan fingerprint density at radius 3 is 2.53 bits per heavy atom. The molecule has 8 atom stereocenters. The standard InChI is InChI=1S/C36H44N4O13/c1-16-32-19(40-10-11-50-34(49-4)33(40)53-32)12-23(51-16)52-21-14-36(47,35(46)39-9-8-38-22(41)15-37-2)13-18-25(21)31(45)27-26(29(18)43)28(42)17-6-5-7-20(48-3)24(17)30(27)44/h5-7,16,19,21,23,32-34,37,43,45,47H,8-15H2,1-4H3,(H,38,41)(H,39,46)/t16?,19?,21-,23?,32?,33?,34?,36-/m0/s1. The van der Waals surface area contributed by atoms with Crippen molar-refractivity contribution >= 4 is 23.4 Å². The molecule has 0 radical (unpaired) electrons. The van der Waals surface area contributed by atoms with Gasteiger partial charge in [0.15, 0.2) is 24.6 Å². The van der Waals surface area contributed by atoms with Crippen molar-refractivity contribution in [2.45, 2.75) is 74.9 Å². The second kappa shape index (κ2) is 14.6. The van der Waals surface area contributed by atoms with Gasteiger partial charge in [0.1, 0.15) is 29.0 Å². The van der Waals surface area contributed by atoms with Gasteiger partial charge in [-0.15, -0.1) is 0 Å². The topological polar surface area (TPSA) is 224 Å². The highest BCUT2D eigenvalue weighted by molar-refractivity contribution is 6.31. The second-order valence-electron chi connectivity index (χ2n) is 13.8. The molecule has 2 amide bonds. The lowest BCUT2D eigenvalue weighted by Crippen LogP contribution is -2.55. The van der Waals surface area contributed by atoms with E-state index in [0.717, 1.165) is 0 Å². The average Bonchev–Trinajstić information content (AvgIpc) is 3.52. The summed E-state index contributed by atoms with van der Waals surface area (Å²) in [5, 5.41) is 43.7. The van der Waals surface area contributed by atoms with E-state index >= 15 is 0 Å². The molecule has 3 saturated heterocycles. The van der Waals surface area contributed by atoms with Crippen LogP contribution in [0.15, 0.2) is 18.2 Å². The Hall–Kier alpha value is -4.20. The van der Waals surface area contributed by atoms with Crippen LogP contribution in [0.2, 0.25) is 0 Å². The van der Waals surface area contributed by atoms with Crippen molar-refractivity contribution < 1.29 is 62.9 Å². The molecule has 286 valence electrons. The average molecular weight is 741 g/mol. The van der Waals surface area contributed by atoms with Crippen LogP contribution in [0, 0.1) is 0 Å². The van der Waals surface area contributed by atoms with Gasteiger partial charge in [0.05, 0.1) is 49.2 Å². The highest BCUT2D eigenvalue weighted by Gasteiger charge is 2.55. The molecule has 17 heteroatoms. The van der Waals surface area contributed by atoms with Gasteiger partial charge in [-0.1, -0.05) is 12.1 Å². The van der Waals surface area contributed by atoms with Gasteiger partial charge < -0.3 is 59.7 Å². The highest BCUT2D eigenvalue weighted by atomic mass is 16.7. The normalized spacial score (nSPS) is 30.4. The lowest BCUT2D eigenvalue weighted by molar-refractivity contribution is -0.256. The molecule has 0 spiro atoms. The first-order valence-corrected chi connectivity index (χ1v) is 17.6. The fourth-order valence-corrected chi connectivity index (χ4v) is 8.27. The van der Waals surface area contributed by atoms with E-state index in [4.69, 9.17) is 28.4 Å². The van der Waals surface area contributed by atoms with Crippen LogP contribution in [0.1, 0.15) is 68.8 Å². The molecule has 6 unspecified atom stereocenters. The Balaban J connectivity index is 1.24. The molecule has 5 aliphatic rings. The number of rotatable bonds is 10. The zero-order valence-corrected chi connectivity index (χ0v) is 29.8. The molecule has 2 aromatic rings. The molecule has 53 heavy (non-hydrogen) atoms. The molecule has 7 rings (SSSR count). The van der Waals surface area contributed by atoms with Gasteiger partial charge in [-0.05, 0) is 20.0 Å². The van der Waals surface area contributed by atoms with Crippen LogP contribution in [-0.4, -0.2) is 140 Å². The quantitative estimate of drug-likeness (QED) is 0.115. The maximum atomic E-state index is 14.1. The SMILES string of the molecule is CNCC(=O)NCCNC(=O)[C@]1(O)Cc2c(O)c3c(c(O)c2[C@@H](OC2CC4C(OC5C(OC)OCCN45)C(C)O2)C1)C(=O)c1c(OC)cccc1C3=O. The van der Waals surface area contributed by atoms with Crippen LogP contribution in [0.4, 0.5) is 0 Å². The lowest BCUT2D eigenvalue weighted by atomic mass is 9.72. The predicted molar refractivity (Wildman–Crippen MR) is 182 cm³/mol. The van der Waals surface area contributed by atoms with Gasteiger partial charge in [-0.2, -0.15) is 0 Å². The van der Waals surface area contributed by atoms with Crippen LogP contribution in [0.3, 0.4) is 0 Å². The monoisotopic (exact) mass is 740 g/mol. The van der Waals surface area contributed by atoms with E-state index in [9.17, 15) is 34.5 Å². The number of benzene rings is 2. The number of nitrogens with zero attached hydrogens (tertiary/aromatic N) is 1. The van der Waals surface area contributed by atoms with Crippen molar-refractivity contribution in [2.75, 3.05) is 54.1 Å². The maximum absolute atomic E-state index is 14.1. The fourth-order valence-electron chi connectivity index (χ4n) is 8.27. The summed E-state index contributed by atoms with van der Waals surface area (Å²) in [6.07, 6.45) is -4.86. The van der Waals surface area contributed by atoms with Gasteiger partial charge >= 0.3 is 0 Å². The first-order valence-electron chi connectivity index (χ1n) is 17.6. The van der Waals surface area contributed by atoms with Crippen molar-refractivity contribution in [2.24, 2.45) is 0 Å². The van der Waals surface area contributed by atoms with Crippen LogP contribution >= 0.6 is 0 Å². The number of ketones is 2. The van der Waals surface area contributed by atoms with Crippen LogP contribution in [0.25, 0.3) is 0 Å². The first-order chi connectivity index (χ1) is 25.4.